The van der Waals surface area contributed by atoms with Crippen LogP contribution in [0.15, 0.2) is 18.2 Å². The molecular formula is C14H20N2O. The molecule has 0 aromatic heterocycles. The third-order valence-electron chi connectivity index (χ3n) is 3.37. The van der Waals surface area contributed by atoms with Crippen LogP contribution in [0.25, 0.3) is 0 Å². The molecule has 92 valence electrons. The monoisotopic (exact) mass is 232 g/mol. The molecule has 0 bridgehead atoms. The van der Waals surface area contributed by atoms with E-state index in [4.69, 9.17) is 5.73 Å². The molecule has 0 saturated heterocycles. The van der Waals surface area contributed by atoms with Gasteiger partial charge in [0.15, 0.2) is 0 Å². The highest BCUT2D eigenvalue weighted by molar-refractivity contribution is 5.97. The lowest BCUT2D eigenvalue weighted by Crippen LogP contribution is -2.40. The SMILES string of the molecule is CC(C)c1ccc2c(c1)C(=O)N(CCN)CC2. The van der Waals surface area contributed by atoms with Gasteiger partial charge >= 0.3 is 0 Å². The van der Waals surface area contributed by atoms with Crippen LogP contribution in [0.2, 0.25) is 0 Å². The van der Waals surface area contributed by atoms with Crippen molar-refractivity contribution in [3.63, 3.8) is 0 Å². The smallest absolute Gasteiger partial charge is 0.254 e. The van der Waals surface area contributed by atoms with Crippen LogP contribution >= 0.6 is 0 Å². The van der Waals surface area contributed by atoms with Gasteiger partial charge in [0.05, 0.1) is 0 Å². The molecule has 0 spiro atoms. The molecule has 0 atom stereocenters. The Morgan fingerprint density at radius 2 is 2.18 bits per heavy atom. The van der Waals surface area contributed by atoms with Gasteiger partial charge in [-0.25, -0.2) is 0 Å². The van der Waals surface area contributed by atoms with Gasteiger partial charge in [-0.15, -0.1) is 0 Å². The summed E-state index contributed by atoms with van der Waals surface area (Å²) in [5.41, 5.74) is 8.80. The van der Waals surface area contributed by atoms with Crippen LogP contribution in [0.5, 0.6) is 0 Å². The molecule has 0 saturated carbocycles. The molecule has 1 amide bonds. The predicted octanol–water partition coefficient (Wildman–Crippen LogP) is 1.77. The first kappa shape index (κ1) is 12.1. The molecule has 0 unspecified atom stereocenters. The van der Waals surface area contributed by atoms with Crippen LogP contribution in [0.3, 0.4) is 0 Å². The molecule has 1 aliphatic rings. The van der Waals surface area contributed by atoms with Gasteiger partial charge in [-0.3, -0.25) is 4.79 Å². The third kappa shape index (κ3) is 2.34. The summed E-state index contributed by atoms with van der Waals surface area (Å²) in [4.78, 5) is 14.1. The second-order valence-electron chi connectivity index (χ2n) is 4.90. The van der Waals surface area contributed by atoms with Crippen molar-refractivity contribution in [2.75, 3.05) is 19.6 Å². The topological polar surface area (TPSA) is 46.3 Å². The third-order valence-corrected chi connectivity index (χ3v) is 3.37. The Morgan fingerprint density at radius 3 is 2.82 bits per heavy atom. The molecule has 17 heavy (non-hydrogen) atoms. The van der Waals surface area contributed by atoms with E-state index in [2.05, 4.69) is 26.0 Å². The van der Waals surface area contributed by atoms with Crippen LogP contribution in [-0.2, 0) is 6.42 Å². The van der Waals surface area contributed by atoms with Gasteiger partial charge in [0.25, 0.3) is 5.91 Å². The predicted molar refractivity (Wildman–Crippen MR) is 69.2 cm³/mol. The fraction of sp³-hybridized carbons (Fsp3) is 0.500. The molecule has 1 aromatic rings. The summed E-state index contributed by atoms with van der Waals surface area (Å²) in [6.07, 6.45) is 0.944. The molecule has 1 heterocycles. The fourth-order valence-electron chi connectivity index (χ4n) is 2.27. The zero-order valence-electron chi connectivity index (χ0n) is 10.6. The Labute approximate surface area is 103 Å². The number of hydrogen-bond donors (Lipinski definition) is 1. The summed E-state index contributed by atoms with van der Waals surface area (Å²) < 4.78 is 0. The summed E-state index contributed by atoms with van der Waals surface area (Å²) in [5.74, 6) is 0.595. The molecule has 1 aliphatic heterocycles. The standard InChI is InChI=1S/C14H20N2O/c1-10(2)12-4-3-11-5-7-16(8-6-15)14(17)13(11)9-12/h3-4,9-10H,5-8,15H2,1-2H3. The normalized spacial score (nSPS) is 15.3. The van der Waals surface area contributed by atoms with Gasteiger partial charge in [-0.05, 0) is 29.5 Å². The lowest BCUT2D eigenvalue weighted by molar-refractivity contribution is 0.0744. The number of fused-ring (bicyclic) bond motifs is 1. The lowest BCUT2D eigenvalue weighted by atomic mass is 9.93. The van der Waals surface area contributed by atoms with E-state index in [1.54, 1.807) is 0 Å². The van der Waals surface area contributed by atoms with Gasteiger partial charge in [-0.2, -0.15) is 0 Å². The minimum atomic E-state index is 0.138. The number of carbonyl (C=O) groups is 1. The second-order valence-corrected chi connectivity index (χ2v) is 4.90. The molecule has 3 nitrogen and oxygen atoms in total. The molecule has 2 rings (SSSR count). The number of amides is 1. The minimum absolute atomic E-state index is 0.138. The maximum Gasteiger partial charge on any atom is 0.254 e. The Bertz CT molecular complexity index is 426. The van der Waals surface area contributed by atoms with Crippen molar-refractivity contribution in [3.8, 4) is 0 Å². The molecule has 0 fully saturated rings. The zero-order chi connectivity index (χ0) is 12.4. The van der Waals surface area contributed by atoms with E-state index >= 15 is 0 Å². The summed E-state index contributed by atoms with van der Waals surface area (Å²) in [7, 11) is 0. The summed E-state index contributed by atoms with van der Waals surface area (Å²) in [5, 5.41) is 0. The maximum atomic E-state index is 12.3. The first-order valence-electron chi connectivity index (χ1n) is 6.25. The Balaban J connectivity index is 2.33. The average Bonchev–Trinajstić information content (AvgIpc) is 2.32. The van der Waals surface area contributed by atoms with Crippen LogP contribution in [0, 0.1) is 0 Å². The molecule has 0 aliphatic carbocycles. The van der Waals surface area contributed by atoms with Crippen molar-refractivity contribution in [3.05, 3.63) is 34.9 Å². The Kier molecular flexibility index (Phi) is 3.48. The first-order chi connectivity index (χ1) is 8.13. The maximum absolute atomic E-state index is 12.3. The van der Waals surface area contributed by atoms with Crippen molar-refractivity contribution in [2.45, 2.75) is 26.2 Å². The van der Waals surface area contributed by atoms with Crippen LogP contribution < -0.4 is 5.73 Å². The van der Waals surface area contributed by atoms with Gasteiger partial charge in [0, 0.05) is 25.2 Å². The molecule has 0 radical (unpaired) electrons. The summed E-state index contributed by atoms with van der Waals surface area (Å²) in [6, 6.07) is 6.28. The van der Waals surface area contributed by atoms with Crippen molar-refractivity contribution in [1.29, 1.82) is 0 Å². The van der Waals surface area contributed by atoms with Crippen molar-refractivity contribution in [1.82, 2.24) is 4.90 Å². The van der Waals surface area contributed by atoms with E-state index in [-0.39, 0.29) is 5.91 Å². The van der Waals surface area contributed by atoms with E-state index in [0.29, 0.717) is 19.0 Å². The Hall–Kier alpha value is -1.35. The fourth-order valence-corrected chi connectivity index (χ4v) is 2.27. The number of hydrogen-bond acceptors (Lipinski definition) is 2. The number of nitrogens with two attached hydrogens (primary N) is 1. The van der Waals surface area contributed by atoms with Gasteiger partial charge in [0.1, 0.15) is 0 Å². The highest BCUT2D eigenvalue weighted by Gasteiger charge is 2.23. The van der Waals surface area contributed by atoms with E-state index in [1.807, 2.05) is 11.0 Å². The Morgan fingerprint density at radius 1 is 1.41 bits per heavy atom. The van der Waals surface area contributed by atoms with E-state index in [9.17, 15) is 4.79 Å². The average molecular weight is 232 g/mol. The molecule has 1 aromatic carbocycles. The van der Waals surface area contributed by atoms with Crippen LogP contribution in [-0.4, -0.2) is 30.4 Å². The molecule has 3 heteroatoms. The van der Waals surface area contributed by atoms with Gasteiger partial charge in [0.2, 0.25) is 0 Å². The largest absolute Gasteiger partial charge is 0.337 e. The summed E-state index contributed by atoms with van der Waals surface area (Å²) in [6.45, 7) is 6.28. The highest BCUT2D eigenvalue weighted by Crippen LogP contribution is 2.23. The highest BCUT2D eigenvalue weighted by atomic mass is 16.2. The minimum Gasteiger partial charge on any atom is -0.337 e. The zero-order valence-corrected chi connectivity index (χ0v) is 10.6. The van der Waals surface area contributed by atoms with E-state index < -0.39 is 0 Å². The number of nitrogens with zero attached hydrogens (tertiary/aromatic N) is 1. The molecular weight excluding hydrogens is 212 g/mol. The number of benzene rings is 1. The molecule has 2 N–H and O–H groups in total. The van der Waals surface area contributed by atoms with E-state index in [0.717, 1.165) is 18.5 Å². The van der Waals surface area contributed by atoms with E-state index in [1.165, 1.54) is 11.1 Å². The van der Waals surface area contributed by atoms with Crippen molar-refractivity contribution in [2.24, 2.45) is 5.73 Å². The van der Waals surface area contributed by atoms with Crippen LogP contribution in [0.1, 0.15) is 41.3 Å². The lowest BCUT2D eigenvalue weighted by Gasteiger charge is -2.28. The van der Waals surface area contributed by atoms with Crippen molar-refractivity contribution < 1.29 is 4.79 Å². The van der Waals surface area contributed by atoms with Gasteiger partial charge in [-0.1, -0.05) is 26.0 Å². The number of rotatable bonds is 3. The van der Waals surface area contributed by atoms with Gasteiger partial charge < -0.3 is 10.6 Å². The quantitative estimate of drug-likeness (QED) is 0.863. The summed E-state index contributed by atoms with van der Waals surface area (Å²) >= 11 is 0. The second kappa shape index (κ2) is 4.88. The van der Waals surface area contributed by atoms with Crippen LogP contribution in [0.4, 0.5) is 0 Å². The first-order valence-corrected chi connectivity index (χ1v) is 6.25. The number of carbonyl (C=O) groups excluding carboxylic acids is 1. The van der Waals surface area contributed by atoms with Crippen molar-refractivity contribution >= 4 is 5.91 Å².